The van der Waals surface area contributed by atoms with Gasteiger partial charge in [0.25, 0.3) is 0 Å². The molecule has 1 aliphatic heterocycles. The van der Waals surface area contributed by atoms with Crippen LogP contribution < -0.4 is 5.32 Å². The van der Waals surface area contributed by atoms with E-state index in [4.69, 9.17) is 4.74 Å². The molecule has 3 unspecified atom stereocenters. The van der Waals surface area contributed by atoms with E-state index in [1.165, 1.54) is 12.1 Å². The van der Waals surface area contributed by atoms with Crippen molar-refractivity contribution in [1.29, 1.82) is 0 Å². The second kappa shape index (κ2) is 6.29. The highest BCUT2D eigenvalue weighted by atomic mass is 79.9. The van der Waals surface area contributed by atoms with Gasteiger partial charge < -0.3 is 10.1 Å². The van der Waals surface area contributed by atoms with Gasteiger partial charge in [-0.05, 0) is 48.0 Å². The molecule has 1 N–H and O–H groups in total. The first-order valence-corrected chi connectivity index (χ1v) is 7.34. The lowest BCUT2D eigenvalue weighted by Gasteiger charge is -2.28. The van der Waals surface area contributed by atoms with Crippen molar-refractivity contribution in [3.05, 3.63) is 33.8 Å². The molecule has 3 atom stereocenters. The average molecular weight is 334 g/mol. The SMILES string of the molecule is CCNC(c1c(F)ccc(Br)c1F)C1CCOC1C. The summed E-state index contributed by atoms with van der Waals surface area (Å²) in [6.45, 7) is 5.18. The molecule has 0 aliphatic carbocycles. The first kappa shape index (κ1) is 14.9. The first-order valence-electron chi connectivity index (χ1n) is 6.54. The van der Waals surface area contributed by atoms with E-state index in [2.05, 4.69) is 21.2 Å². The Morgan fingerprint density at radius 3 is 2.79 bits per heavy atom. The summed E-state index contributed by atoms with van der Waals surface area (Å²) >= 11 is 3.12. The summed E-state index contributed by atoms with van der Waals surface area (Å²) in [6, 6.07) is 2.33. The maximum atomic E-state index is 14.2. The van der Waals surface area contributed by atoms with E-state index in [0.29, 0.717) is 17.6 Å². The lowest BCUT2D eigenvalue weighted by Crippen LogP contribution is -2.33. The molecule has 0 spiro atoms. The van der Waals surface area contributed by atoms with Crippen molar-refractivity contribution in [1.82, 2.24) is 5.32 Å². The van der Waals surface area contributed by atoms with Crippen LogP contribution in [-0.4, -0.2) is 19.3 Å². The van der Waals surface area contributed by atoms with Gasteiger partial charge in [-0.15, -0.1) is 0 Å². The van der Waals surface area contributed by atoms with Gasteiger partial charge in [-0.25, -0.2) is 8.78 Å². The Bertz CT molecular complexity index is 455. The predicted molar refractivity (Wildman–Crippen MR) is 74.0 cm³/mol. The van der Waals surface area contributed by atoms with Crippen molar-refractivity contribution in [2.45, 2.75) is 32.4 Å². The smallest absolute Gasteiger partial charge is 0.145 e. The summed E-state index contributed by atoms with van der Waals surface area (Å²) in [4.78, 5) is 0. The molecule has 2 rings (SSSR count). The van der Waals surface area contributed by atoms with Gasteiger partial charge in [0.15, 0.2) is 0 Å². The van der Waals surface area contributed by atoms with Crippen molar-refractivity contribution >= 4 is 15.9 Å². The van der Waals surface area contributed by atoms with E-state index in [-0.39, 0.29) is 23.6 Å². The Balaban J connectivity index is 2.41. The van der Waals surface area contributed by atoms with Gasteiger partial charge >= 0.3 is 0 Å². The van der Waals surface area contributed by atoms with Gasteiger partial charge in [0, 0.05) is 24.1 Å². The standard InChI is InChI=1S/C14H18BrF2NO/c1-3-18-14(9-6-7-19-8(9)2)12-11(16)5-4-10(15)13(12)17/h4-5,8-9,14,18H,3,6-7H2,1-2H3. The van der Waals surface area contributed by atoms with Crippen LogP contribution in [0.2, 0.25) is 0 Å². The molecular formula is C14H18BrF2NO. The third kappa shape index (κ3) is 2.98. The molecule has 1 heterocycles. The van der Waals surface area contributed by atoms with Gasteiger partial charge in [0.05, 0.1) is 10.6 Å². The predicted octanol–water partition coefficient (Wildman–Crippen LogP) is 3.80. The van der Waals surface area contributed by atoms with Crippen LogP contribution >= 0.6 is 15.9 Å². The molecule has 0 bridgehead atoms. The quantitative estimate of drug-likeness (QED) is 0.846. The summed E-state index contributed by atoms with van der Waals surface area (Å²) in [5.74, 6) is -0.950. The van der Waals surface area contributed by atoms with E-state index in [0.717, 1.165) is 6.42 Å². The first-order chi connectivity index (χ1) is 9.06. The Labute approximate surface area is 120 Å². The normalized spacial score (nSPS) is 24.7. The fourth-order valence-corrected chi connectivity index (χ4v) is 3.05. The van der Waals surface area contributed by atoms with Crippen LogP contribution in [-0.2, 0) is 4.74 Å². The van der Waals surface area contributed by atoms with Gasteiger partial charge in [-0.2, -0.15) is 0 Å². The number of rotatable bonds is 4. The van der Waals surface area contributed by atoms with Crippen molar-refractivity contribution in [2.24, 2.45) is 5.92 Å². The molecule has 0 amide bonds. The topological polar surface area (TPSA) is 21.3 Å². The van der Waals surface area contributed by atoms with Crippen molar-refractivity contribution in [3.63, 3.8) is 0 Å². The third-order valence-electron chi connectivity index (χ3n) is 3.68. The number of ether oxygens (including phenoxy) is 1. The lowest BCUT2D eigenvalue weighted by atomic mass is 9.87. The molecule has 1 aromatic rings. The zero-order chi connectivity index (χ0) is 14.0. The molecule has 0 saturated carbocycles. The van der Waals surface area contributed by atoms with Gasteiger partial charge in [0.2, 0.25) is 0 Å². The Morgan fingerprint density at radius 2 is 2.21 bits per heavy atom. The molecule has 0 radical (unpaired) electrons. The highest BCUT2D eigenvalue weighted by molar-refractivity contribution is 9.10. The molecule has 106 valence electrons. The third-order valence-corrected chi connectivity index (χ3v) is 4.29. The van der Waals surface area contributed by atoms with Crippen LogP contribution in [0.1, 0.15) is 31.9 Å². The molecule has 5 heteroatoms. The van der Waals surface area contributed by atoms with Crippen LogP contribution in [0.15, 0.2) is 16.6 Å². The van der Waals surface area contributed by atoms with Crippen molar-refractivity contribution in [2.75, 3.05) is 13.2 Å². The summed E-state index contributed by atoms with van der Waals surface area (Å²) < 4.78 is 34.1. The van der Waals surface area contributed by atoms with E-state index in [1.54, 1.807) is 0 Å². The summed E-state index contributed by atoms with van der Waals surface area (Å²) in [5.41, 5.74) is 0.110. The molecule has 1 fully saturated rings. The lowest BCUT2D eigenvalue weighted by molar-refractivity contribution is 0.0947. The second-order valence-electron chi connectivity index (χ2n) is 4.82. The zero-order valence-corrected chi connectivity index (χ0v) is 12.6. The van der Waals surface area contributed by atoms with Crippen LogP contribution in [0, 0.1) is 17.6 Å². The van der Waals surface area contributed by atoms with Gasteiger partial charge in [-0.1, -0.05) is 6.92 Å². The van der Waals surface area contributed by atoms with E-state index >= 15 is 0 Å². The molecule has 1 saturated heterocycles. The van der Waals surface area contributed by atoms with Crippen molar-refractivity contribution < 1.29 is 13.5 Å². The average Bonchev–Trinajstić information content (AvgIpc) is 2.79. The van der Waals surface area contributed by atoms with Crippen LogP contribution in [0.3, 0.4) is 0 Å². The number of hydrogen-bond acceptors (Lipinski definition) is 2. The highest BCUT2D eigenvalue weighted by Gasteiger charge is 2.35. The van der Waals surface area contributed by atoms with E-state index in [9.17, 15) is 8.78 Å². The number of halogens is 3. The van der Waals surface area contributed by atoms with Crippen molar-refractivity contribution in [3.8, 4) is 0 Å². The maximum Gasteiger partial charge on any atom is 0.145 e. The number of hydrogen-bond donors (Lipinski definition) is 1. The van der Waals surface area contributed by atoms with Gasteiger partial charge in [0.1, 0.15) is 11.6 Å². The summed E-state index contributed by atoms with van der Waals surface area (Å²) in [7, 11) is 0. The summed E-state index contributed by atoms with van der Waals surface area (Å²) in [5, 5.41) is 3.20. The Kier molecular flexibility index (Phi) is 4.92. The molecule has 1 aliphatic rings. The Morgan fingerprint density at radius 1 is 1.47 bits per heavy atom. The molecule has 1 aromatic carbocycles. The fraction of sp³-hybridized carbons (Fsp3) is 0.571. The minimum Gasteiger partial charge on any atom is -0.378 e. The maximum absolute atomic E-state index is 14.2. The monoisotopic (exact) mass is 333 g/mol. The second-order valence-corrected chi connectivity index (χ2v) is 5.67. The van der Waals surface area contributed by atoms with Gasteiger partial charge in [-0.3, -0.25) is 0 Å². The fourth-order valence-electron chi connectivity index (χ4n) is 2.70. The van der Waals surface area contributed by atoms with E-state index in [1.807, 2.05) is 13.8 Å². The Hall–Kier alpha value is -0.520. The van der Waals surface area contributed by atoms with Crippen LogP contribution in [0.25, 0.3) is 0 Å². The van der Waals surface area contributed by atoms with E-state index < -0.39 is 11.6 Å². The summed E-state index contributed by atoms with van der Waals surface area (Å²) in [6.07, 6.45) is 0.811. The zero-order valence-electron chi connectivity index (χ0n) is 11.1. The number of nitrogens with one attached hydrogen (secondary N) is 1. The minimum absolute atomic E-state index is 0.00170. The minimum atomic E-state index is -0.523. The highest BCUT2D eigenvalue weighted by Crippen LogP contribution is 2.37. The molecule has 19 heavy (non-hydrogen) atoms. The number of benzene rings is 1. The van der Waals surface area contributed by atoms with Crippen LogP contribution in [0.5, 0.6) is 0 Å². The molecule has 0 aromatic heterocycles. The largest absolute Gasteiger partial charge is 0.378 e. The van der Waals surface area contributed by atoms with Crippen LogP contribution in [0.4, 0.5) is 8.78 Å². The molecule has 2 nitrogen and oxygen atoms in total. The molecular weight excluding hydrogens is 316 g/mol.